The number of carbonyl (C=O) groups is 2. The minimum atomic E-state index is -0.545. The molecule has 3 N–H and O–H groups in total. The molecule has 176 valence electrons. The zero-order valence-electron chi connectivity index (χ0n) is 18.3. The highest BCUT2D eigenvalue weighted by Crippen LogP contribution is 2.47. The predicted octanol–water partition coefficient (Wildman–Crippen LogP) is 2.63. The van der Waals surface area contributed by atoms with Crippen molar-refractivity contribution in [3.63, 3.8) is 0 Å². The Morgan fingerprint density at radius 2 is 1.97 bits per heavy atom. The summed E-state index contributed by atoms with van der Waals surface area (Å²) in [4.78, 5) is 24.4. The minimum Gasteiger partial charge on any atom is -0.487 e. The summed E-state index contributed by atoms with van der Waals surface area (Å²) >= 11 is 5.90. The fourth-order valence-electron chi connectivity index (χ4n) is 4.38. The van der Waals surface area contributed by atoms with Gasteiger partial charge in [-0.25, -0.2) is 0 Å². The van der Waals surface area contributed by atoms with Crippen LogP contribution in [-0.2, 0) is 25.6 Å². The molecule has 9 heteroatoms. The lowest BCUT2D eigenvalue weighted by Gasteiger charge is -2.37. The molecule has 1 saturated heterocycles. The Balaban J connectivity index is 1.41. The van der Waals surface area contributed by atoms with Gasteiger partial charge in [0.15, 0.2) is 0 Å². The van der Waals surface area contributed by atoms with E-state index in [2.05, 4.69) is 10.6 Å². The standard InChI is InChI=1S/C24H27ClN2O6/c1-31-13-23(30)27-16-6-7-20-18(8-16)19-9-17(32-21(12-28)24(19)33-20)10-22(29)26-11-14-2-4-15(25)5-3-14/h2-8,17,19,21,24,28H,9-13H2,1H3,(H,26,29)(H,27,30)/t17-,19+,21+,24-/m0/s1. The van der Waals surface area contributed by atoms with Crippen LogP contribution in [0.25, 0.3) is 0 Å². The van der Waals surface area contributed by atoms with Gasteiger partial charge in [0.2, 0.25) is 11.8 Å². The maximum atomic E-state index is 12.6. The van der Waals surface area contributed by atoms with Gasteiger partial charge in [0, 0.05) is 35.8 Å². The SMILES string of the molecule is COCC(=O)Nc1ccc2c(c1)[C@H]1C[C@@H](CC(=O)NCc3ccc(Cl)cc3)O[C@H](CO)[C@H]1O2. The molecule has 1 fully saturated rings. The van der Waals surface area contributed by atoms with Crippen molar-refractivity contribution in [2.75, 3.05) is 25.6 Å². The van der Waals surface area contributed by atoms with E-state index >= 15 is 0 Å². The van der Waals surface area contributed by atoms with Crippen molar-refractivity contribution in [3.8, 4) is 5.75 Å². The number of hydrogen-bond acceptors (Lipinski definition) is 6. The van der Waals surface area contributed by atoms with Gasteiger partial charge in [-0.2, -0.15) is 0 Å². The van der Waals surface area contributed by atoms with Crippen molar-refractivity contribution in [1.29, 1.82) is 0 Å². The third-order valence-electron chi connectivity index (χ3n) is 5.87. The first kappa shape index (κ1) is 23.5. The monoisotopic (exact) mass is 474 g/mol. The van der Waals surface area contributed by atoms with Crippen molar-refractivity contribution in [3.05, 3.63) is 58.6 Å². The fourth-order valence-corrected chi connectivity index (χ4v) is 4.50. The van der Waals surface area contributed by atoms with Crippen LogP contribution in [0, 0.1) is 0 Å². The van der Waals surface area contributed by atoms with Crippen molar-refractivity contribution in [2.24, 2.45) is 0 Å². The van der Waals surface area contributed by atoms with Crippen LogP contribution in [0.2, 0.25) is 5.02 Å². The first-order valence-electron chi connectivity index (χ1n) is 10.8. The average Bonchev–Trinajstić information content (AvgIpc) is 3.16. The maximum Gasteiger partial charge on any atom is 0.250 e. The van der Waals surface area contributed by atoms with Gasteiger partial charge in [-0.3, -0.25) is 9.59 Å². The van der Waals surface area contributed by atoms with Gasteiger partial charge in [-0.15, -0.1) is 0 Å². The molecule has 0 spiro atoms. The molecule has 2 amide bonds. The predicted molar refractivity (Wildman–Crippen MR) is 122 cm³/mol. The molecule has 2 heterocycles. The number of rotatable bonds is 8. The number of carbonyl (C=O) groups excluding carboxylic acids is 2. The highest BCUT2D eigenvalue weighted by Gasteiger charge is 2.46. The zero-order chi connectivity index (χ0) is 23.4. The van der Waals surface area contributed by atoms with Gasteiger partial charge in [0.1, 0.15) is 24.6 Å². The van der Waals surface area contributed by atoms with Crippen LogP contribution in [0.4, 0.5) is 5.69 Å². The molecular weight excluding hydrogens is 448 g/mol. The Morgan fingerprint density at radius 3 is 2.70 bits per heavy atom. The number of aliphatic hydroxyl groups is 1. The number of halogens is 1. The Kier molecular flexibility index (Phi) is 7.49. The minimum absolute atomic E-state index is 0.0345. The van der Waals surface area contributed by atoms with E-state index in [1.54, 1.807) is 24.3 Å². The highest BCUT2D eigenvalue weighted by molar-refractivity contribution is 6.30. The number of benzene rings is 2. The van der Waals surface area contributed by atoms with E-state index < -0.39 is 6.10 Å². The molecule has 0 aliphatic carbocycles. The molecule has 2 aliphatic heterocycles. The topological polar surface area (TPSA) is 106 Å². The van der Waals surface area contributed by atoms with E-state index in [1.165, 1.54) is 7.11 Å². The van der Waals surface area contributed by atoms with Crippen LogP contribution in [0.5, 0.6) is 5.75 Å². The van der Waals surface area contributed by atoms with Gasteiger partial charge in [-0.1, -0.05) is 23.7 Å². The lowest BCUT2D eigenvalue weighted by molar-refractivity contribution is -0.142. The molecular formula is C24H27ClN2O6. The Hall–Kier alpha value is -2.65. The van der Waals surface area contributed by atoms with Crippen LogP contribution in [0.1, 0.15) is 29.9 Å². The van der Waals surface area contributed by atoms with Crippen molar-refractivity contribution < 1.29 is 28.9 Å². The number of amides is 2. The van der Waals surface area contributed by atoms with E-state index in [-0.39, 0.29) is 49.6 Å². The molecule has 4 atom stereocenters. The lowest BCUT2D eigenvalue weighted by atomic mass is 9.84. The number of nitrogens with one attached hydrogen (secondary N) is 2. The van der Waals surface area contributed by atoms with Gasteiger partial charge >= 0.3 is 0 Å². The first-order chi connectivity index (χ1) is 16.0. The molecule has 8 nitrogen and oxygen atoms in total. The second-order valence-electron chi connectivity index (χ2n) is 8.24. The number of methoxy groups -OCH3 is 1. The van der Waals surface area contributed by atoms with Gasteiger partial charge in [0.25, 0.3) is 0 Å². The smallest absolute Gasteiger partial charge is 0.250 e. The summed E-state index contributed by atoms with van der Waals surface area (Å²) < 4.78 is 16.9. The Bertz CT molecular complexity index is 999. The van der Waals surface area contributed by atoms with Crippen molar-refractivity contribution in [1.82, 2.24) is 5.32 Å². The molecule has 0 saturated carbocycles. The van der Waals surface area contributed by atoms with Crippen LogP contribution in [0.3, 0.4) is 0 Å². The quantitative estimate of drug-likeness (QED) is 0.543. The van der Waals surface area contributed by atoms with Crippen LogP contribution >= 0.6 is 11.6 Å². The lowest BCUT2D eigenvalue weighted by Crippen LogP contribution is -2.47. The van der Waals surface area contributed by atoms with Crippen LogP contribution in [-0.4, -0.2) is 55.6 Å². The molecule has 4 rings (SSSR count). The molecule has 33 heavy (non-hydrogen) atoms. The number of aliphatic hydroxyl groups excluding tert-OH is 1. The Labute approximate surface area is 197 Å². The average molecular weight is 475 g/mol. The molecule has 2 aromatic carbocycles. The molecule has 2 aliphatic rings. The Morgan fingerprint density at radius 1 is 1.18 bits per heavy atom. The number of anilines is 1. The summed E-state index contributed by atoms with van der Waals surface area (Å²) in [5.74, 6) is 0.261. The summed E-state index contributed by atoms with van der Waals surface area (Å²) in [7, 11) is 1.46. The summed E-state index contributed by atoms with van der Waals surface area (Å²) in [6.07, 6.45) is -0.514. The molecule has 0 bridgehead atoms. The van der Waals surface area contributed by atoms with Crippen LogP contribution in [0.15, 0.2) is 42.5 Å². The van der Waals surface area contributed by atoms with Gasteiger partial charge < -0.3 is 30.0 Å². The largest absolute Gasteiger partial charge is 0.487 e. The summed E-state index contributed by atoms with van der Waals surface area (Å²) in [6.45, 7) is 0.150. The second-order valence-corrected chi connectivity index (χ2v) is 8.68. The maximum absolute atomic E-state index is 12.6. The second kappa shape index (κ2) is 10.5. The van der Waals surface area contributed by atoms with Gasteiger partial charge in [0.05, 0.1) is 19.1 Å². The fraction of sp³-hybridized carbons (Fsp3) is 0.417. The molecule has 0 unspecified atom stereocenters. The third-order valence-corrected chi connectivity index (χ3v) is 6.13. The molecule has 0 radical (unpaired) electrons. The number of fused-ring (bicyclic) bond motifs is 3. The van der Waals surface area contributed by atoms with E-state index in [4.69, 9.17) is 25.8 Å². The third kappa shape index (κ3) is 5.65. The van der Waals surface area contributed by atoms with Crippen molar-refractivity contribution in [2.45, 2.75) is 43.6 Å². The summed E-state index contributed by atoms with van der Waals surface area (Å²) in [5, 5.41) is 16.2. The number of hydrogen-bond donors (Lipinski definition) is 3. The van der Waals surface area contributed by atoms with Crippen LogP contribution < -0.4 is 15.4 Å². The van der Waals surface area contributed by atoms with Gasteiger partial charge in [-0.05, 0) is 42.3 Å². The van der Waals surface area contributed by atoms with E-state index in [1.807, 2.05) is 18.2 Å². The van der Waals surface area contributed by atoms with E-state index in [9.17, 15) is 14.7 Å². The first-order valence-corrected chi connectivity index (χ1v) is 11.2. The normalized spacial score (nSPS) is 23.2. The zero-order valence-corrected chi connectivity index (χ0v) is 19.0. The summed E-state index contributed by atoms with van der Waals surface area (Å²) in [6, 6.07) is 12.7. The van der Waals surface area contributed by atoms with E-state index in [0.717, 1.165) is 11.1 Å². The number of ether oxygens (including phenoxy) is 3. The van der Waals surface area contributed by atoms with E-state index in [0.29, 0.717) is 29.4 Å². The van der Waals surface area contributed by atoms with Crippen molar-refractivity contribution >= 4 is 29.1 Å². The summed E-state index contributed by atoms with van der Waals surface area (Å²) in [5.41, 5.74) is 2.53. The molecule has 0 aromatic heterocycles. The highest BCUT2D eigenvalue weighted by atomic mass is 35.5. The molecule has 2 aromatic rings.